The van der Waals surface area contributed by atoms with Crippen LogP contribution in [0.1, 0.15) is 16.7 Å². The lowest BCUT2D eigenvalue weighted by Gasteiger charge is -2.12. The van der Waals surface area contributed by atoms with E-state index in [1.807, 2.05) is 85.0 Å². The van der Waals surface area contributed by atoms with Crippen molar-refractivity contribution < 1.29 is 4.79 Å². The van der Waals surface area contributed by atoms with Gasteiger partial charge in [-0.3, -0.25) is 18.6 Å². The number of nitrogens with one attached hydrogen (secondary N) is 1. The average Bonchev–Trinajstić information content (AvgIpc) is 3.28. The molecule has 5 aromatic rings. The van der Waals surface area contributed by atoms with Gasteiger partial charge in [0.25, 0.3) is 5.56 Å². The summed E-state index contributed by atoms with van der Waals surface area (Å²) in [6.45, 7) is 4.38. The van der Waals surface area contributed by atoms with E-state index < -0.39 is 0 Å². The van der Waals surface area contributed by atoms with E-state index >= 15 is 0 Å². The quantitative estimate of drug-likeness (QED) is 0.372. The van der Waals surface area contributed by atoms with Gasteiger partial charge in [0.1, 0.15) is 0 Å². The molecule has 8 heteroatoms. The lowest BCUT2D eigenvalue weighted by Crippen LogP contribution is -2.24. The second-order valence-corrected chi connectivity index (χ2v) is 9.04. The van der Waals surface area contributed by atoms with Crippen molar-refractivity contribution in [2.45, 2.75) is 25.5 Å². The van der Waals surface area contributed by atoms with Gasteiger partial charge in [-0.05, 0) is 48.7 Å². The molecule has 1 amide bonds. The summed E-state index contributed by atoms with van der Waals surface area (Å²) in [6, 6.07) is 23.0. The zero-order valence-electron chi connectivity index (χ0n) is 18.9. The maximum absolute atomic E-state index is 13.3. The Hall–Kier alpha value is -3.91. The zero-order valence-corrected chi connectivity index (χ0v) is 19.7. The summed E-state index contributed by atoms with van der Waals surface area (Å²) >= 11 is 1.29. The van der Waals surface area contributed by atoms with Crippen LogP contribution in [0.5, 0.6) is 0 Å². The van der Waals surface area contributed by atoms with Crippen molar-refractivity contribution in [2.75, 3.05) is 11.1 Å². The second-order valence-electron chi connectivity index (χ2n) is 8.10. The van der Waals surface area contributed by atoms with Gasteiger partial charge < -0.3 is 5.32 Å². The van der Waals surface area contributed by atoms with Crippen molar-refractivity contribution in [1.82, 2.24) is 19.2 Å². The molecule has 0 saturated heterocycles. The Kier molecular flexibility index (Phi) is 5.90. The third-order valence-electron chi connectivity index (χ3n) is 5.87. The number of carbonyl (C=O) groups is 1. The van der Waals surface area contributed by atoms with Gasteiger partial charge in [-0.15, -0.1) is 10.2 Å². The Bertz CT molecular complexity index is 1570. The first-order valence-corrected chi connectivity index (χ1v) is 11.9. The third kappa shape index (κ3) is 4.08. The van der Waals surface area contributed by atoms with Crippen molar-refractivity contribution in [2.24, 2.45) is 0 Å². The highest BCUT2D eigenvalue weighted by atomic mass is 32.2. The summed E-state index contributed by atoms with van der Waals surface area (Å²) in [5.74, 6) is 0.489. The van der Waals surface area contributed by atoms with Crippen LogP contribution >= 0.6 is 11.8 Å². The van der Waals surface area contributed by atoms with Crippen LogP contribution in [0.2, 0.25) is 0 Å². The first-order valence-electron chi connectivity index (χ1n) is 10.9. The molecule has 0 unspecified atom stereocenters. The summed E-state index contributed by atoms with van der Waals surface area (Å²) in [5.41, 5.74) is 4.56. The van der Waals surface area contributed by atoms with Crippen LogP contribution in [-0.4, -0.2) is 30.8 Å². The molecule has 0 spiro atoms. The molecule has 2 aromatic heterocycles. The van der Waals surface area contributed by atoms with Gasteiger partial charge in [0.05, 0.1) is 23.2 Å². The monoisotopic (exact) mass is 469 g/mol. The number of fused-ring (bicyclic) bond motifs is 3. The number of amides is 1. The molecule has 3 aromatic carbocycles. The van der Waals surface area contributed by atoms with Crippen LogP contribution in [-0.2, 0) is 11.3 Å². The minimum Gasteiger partial charge on any atom is -0.325 e. The van der Waals surface area contributed by atoms with E-state index in [0.717, 1.165) is 22.4 Å². The molecule has 0 bridgehead atoms. The van der Waals surface area contributed by atoms with Crippen molar-refractivity contribution in [1.29, 1.82) is 0 Å². The van der Waals surface area contributed by atoms with E-state index in [0.29, 0.717) is 28.4 Å². The van der Waals surface area contributed by atoms with Crippen LogP contribution in [0.4, 0.5) is 5.69 Å². The van der Waals surface area contributed by atoms with E-state index in [4.69, 9.17) is 0 Å². The van der Waals surface area contributed by atoms with E-state index in [9.17, 15) is 9.59 Å². The topological polar surface area (TPSA) is 81.3 Å². The smallest absolute Gasteiger partial charge is 0.263 e. The van der Waals surface area contributed by atoms with Crippen molar-refractivity contribution in [3.05, 3.63) is 99.8 Å². The molecular weight excluding hydrogens is 446 g/mol. The van der Waals surface area contributed by atoms with Gasteiger partial charge in [-0.1, -0.05) is 66.4 Å². The average molecular weight is 470 g/mol. The fourth-order valence-corrected chi connectivity index (χ4v) is 4.68. The number of para-hydroxylation sites is 1. The molecule has 2 heterocycles. The highest BCUT2D eigenvalue weighted by Crippen LogP contribution is 2.23. The number of nitrogens with zero attached hydrogens (tertiary/aromatic N) is 4. The number of thioether (sulfide) groups is 1. The van der Waals surface area contributed by atoms with Crippen molar-refractivity contribution in [3.8, 4) is 0 Å². The Morgan fingerprint density at radius 2 is 1.71 bits per heavy atom. The van der Waals surface area contributed by atoms with Crippen LogP contribution in [0.25, 0.3) is 16.7 Å². The molecule has 170 valence electrons. The van der Waals surface area contributed by atoms with Crippen LogP contribution in [0.15, 0.2) is 82.7 Å². The number of hydrogen-bond acceptors (Lipinski definition) is 5. The van der Waals surface area contributed by atoms with Gasteiger partial charge in [0.2, 0.25) is 11.7 Å². The van der Waals surface area contributed by atoms with Gasteiger partial charge >= 0.3 is 0 Å². The first kappa shape index (κ1) is 21.9. The molecule has 0 radical (unpaired) electrons. The van der Waals surface area contributed by atoms with Crippen LogP contribution < -0.4 is 10.9 Å². The molecule has 0 saturated carbocycles. The molecule has 34 heavy (non-hydrogen) atoms. The first-order chi connectivity index (χ1) is 16.5. The standard InChI is InChI=1S/C26H23N5O2S/c1-17-9-8-13-21(18(17)2)27-23(32)16-34-26-29-28-25-30(15-19-10-4-3-5-11-19)24(33)20-12-6-7-14-22(20)31(25)26/h3-14H,15-16H2,1-2H3,(H,27,32). The summed E-state index contributed by atoms with van der Waals surface area (Å²) in [4.78, 5) is 26.0. The van der Waals surface area contributed by atoms with E-state index in [2.05, 4.69) is 15.5 Å². The molecule has 0 aliphatic rings. The maximum Gasteiger partial charge on any atom is 0.263 e. The number of rotatable bonds is 6. The van der Waals surface area contributed by atoms with Crippen LogP contribution in [0, 0.1) is 13.8 Å². The molecule has 0 atom stereocenters. The Morgan fingerprint density at radius 3 is 2.53 bits per heavy atom. The fraction of sp³-hybridized carbons (Fsp3) is 0.154. The van der Waals surface area contributed by atoms with Gasteiger partial charge in [-0.25, -0.2) is 0 Å². The maximum atomic E-state index is 13.3. The molecule has 0 aliphatic carbocycles. The number of hydrogen-bond donors (Lipinski definition) is 1. The summed E-state index contributed by atoms with van der Waals surface area (Å²) in [6.07, 6.45) is 0. The number of aromatic nitrogens is 4. The normalized spacial score (nSPS) is 11.2. The number of anilines is 1. The Morgan fingerprint density at radius 1 is 0.941 bits per heavy atom. The number of aryl methyl sites for hydroxylation is 1. The Balaban J connectivity index is 1.49. The van der Waals surface area contributed by atoms with Gasteiger partial charge in [-0.2, -0.15) is 0 Å². The van der Waals surface area contributed by atoms with Crippen LogP contribution in [0.3, 0.4) is 0 Å². The lowest BCUT2D eigenvalue weighted by atomic mass is 10.1. The minimum atomic E-state index is -0.127. The zero-order chi connectivity index (χ0) is 23.7. The van der Waals surface area contributed by atoms with Gasteiger partial charge in [0, 0.05) is 5.69 Å². The predicted molar refractivity (Wildman–Crippen MR) is 136 cm³/mol. The third-order valence-corrected chi connectivity index (χ3v) is 6.80. The van der Waals surface area contributed by atoms with Crippen molar-refractivity contribution >= 4 is 40.0 Å². The molecule has 0 aliphatic heterocycles. The van der Waals surface area contributed by atoms with E-state index in [-0.39, 0.29) is 17.2 Å². The molecule has 0 fully saturated rings. The Labute approximate surface area is 200 Å². The summed E-state index contributed by atoms with van der Waals surface area (Å²) < 4.78 is 3.49. The lowest BCUT2D eigenvalue weighted by molar-refractivity contribution is -0.113. The van der Waals surface area contributed by atoms with E-state index in [1.165, 1.54) is 11.8 Å². The van der Waals surface area contributed by atoms with Crippen molar-refractivity contribution in [3.63, 3.8) is 0 Å². The molecular formula is C26H23N5O2S. The predicted octanol–water partition coefficient (Wildman–Crippen LogP) is 4.44. The molecule has 5 rings (SSSR count). The highest BCUT2D eigenvalue weighted by molar-refractivity contribution is 7.99. The number of carbonyl (C=O) groups excluding carboxylic acids is 1. The van der Waals surface area contributed by atoms with E-state index in [1.54, 1.807) is 10.6 Å². The molecule has 7 nitrogen and oxygen atoms in total. The highest BCUT2D eigenvalue weighted by Gasteiger charge is 2.18. The number of benzene rings is 3. The van der Waals surface area contributed by atoms with Gasteiger partial charge in [0.15, 0.2) is 5.16 Å². The fourth-order valence-electron chi connectivity index (χ4n) is 3.94. The summed E-state index contributed by atoms with van der Waals surface area (Å²) in [7, 11) is 0. The second kappa shape index (κ2) is 9.15. The minimum absolute atomic E-state index is 0.122. The largest absolute Gasteiger partial charge is 0.325 e. The summed E-state index contributed by atoms with van der Waals surface area (Å²) in [5, 5.41) is 12.8. The molecule has 1 N–H and O–H groups in total. The SMILES string of the molecule is Cc1cccc(NC(=O)CSc2nnc3n(Cc4ccccc4)c(=O)c4ccccc4n23)c1C.